The molecule has 0 aliphatic rings. The van der Waals surface area contributed by atoms with Gasteiger partial charge in [0.1, 0.15) is 6.67 Å². The third-order valence-electron chi connectivity index (χ3n) is 1.13. The Morgan fingerprint density at radius 2 is 2.55 bits per heavy atom. The first-order chi connectivity index (χ1) is 5.24. The van der Waals surface area contributed by atoms with Crippen molar-refractivity contribution < 1.29 is 9.31 Å². The molecule has 0 bridgehead atoms. The predicted molar refractivity (Wildman–Crippen MR) is 34.9 cm³/mol. The van der Waals surface area contributed by atoms with Crippen LogP contribution in [-0.2, 0) is 6.54 Å². The molecule has 0 aliphatic carbocycles. The summed E-state index contributed by atoms with van der Waals surface area (Å²) in [6, 6.07) is 1.23. The predicted octanol–water partition coefficient (Wildman–Crippen LogP) is 0.761. The Kier molecular flexibility index (Phi) is 2.15. The average molecular weight is 159 g/mol. The zero-order valence-corrected chi connectivity index (χ0v) is 5.61. The van der Waals surface area contributed by atoms with E-state index in [-0.39, 0.29) is 12.4 Å². The van der Waals surface area contributed by atoms with Crippen molar-refractivity contribution in [3.8, 4) is 0 Å². The molecule has 11 heavy (non-hydrogen) atoms. The van der Waals surface area contributed by atoms with E-state index in [1.807, 2.05) is 0 Å². The SMILES string of the molecule is O=[N+]([O-])c1ccn(CCF)n1. The number of rotatable bonds is 3. The Morgan fingerprint density at radius 3 is 3.00 bits per heavy atom. The molecule has 1 rings (SSSR count). The van der Waals surface area contributed by atoms with Crippen LogP contribution in [0.3, 0.4) is 0 Å². The fraction of sp³-hybridized carbons (Fsp3) is 0.400. The van der Waals surface area contributed by atoms with Crippen LogP contribution in [0.15, 0.2) is 12.3 Å². The largest absolute Gasteiger partial charge is 0.389 e. The number of aromatic nitrogens is 2. The van der Waals surface area contributed by atoms with Gasteiger partial charge in [0, 0.05) is 0 Å². The van der Waals surface area contributed by atoms with Crippen LogP contribution in [0.25, 0.3) is 0 Å². The molecule has 0 N–H and O–H groups in total. The van der Waals surface area contributed by atoms with E-state index in [0.717, 1.165) is 0 Å². The second-order valence-corrected chi connectivity index (χ2v) is 1.88. The van der Waals surface area contributed by atoms with Crippen LogP contribution in [0, 0.1) is 10.1 Å². The van der Waals surface area contributed by atoms with Crippen molar-refractivity contribution in [3.63, 3.8) is 0 Å². The molecule has 0 radical (unpaired) electrons. The Morgan fingerprint density at radius 1 is 1.82 bits per heavy atom. The van der Waals surface area contributed by atoms with Gasteiger partial charge < -0.3 is 10.1 Å². The molecule has 1 aromatic heterocycles. The van der Waals surface area contributed by atoms with E-state index in [4.69, 9.17) is 0 Å². The smallest absolute Gasteiger partial charge is 0.358 e. The van der Waals surface area contributed by atoms with Gasteiger partial charge in [-0.05, 0) is 4.92 Å². The van der Waals surface area contributed by atoms with Gasteiger partial charge in [-0.15, -0.1) is 0 Å². The molecule has 0 amide bonds. The zero-order valence-electron chi connectivity index (χ0n) is 5.61. The molecule has 0 fully saturated rings. The minimum Gasteiger partial charge on any atom is -0.358 e. The molecule has 60 valence electrons. The molecule has 1 aromatic rings. The Bertz CT molecular complexity index is 260. The number of aryl methyl sites for hydroxylation is 1. The maximum Gasteiger partial charge on any atom is 0.389 e. The van der Waals surface area contributed by atoms with E-state index >= 15 is 0 Å². The van der Waals surface area contributed by atoms with E-state index in [9.17, 15) is 14.5 Å². The van der Waals surface area contributed by atoms with E-state index < -0.39 is 11.6 Å². The fourth-order valence-corrected chi connectivity index (χ4v) is 0.659. The van der Waals surface area contributed by atoms with Gasteiger partial charge in [-0.25, -0.2) is 4.39 Å². The van der Waals surface area contributed by atoms with Crippen molar-refractivity contribution in [2.24, 2.45) is 0 Å². The lowest BCUT2D eigenvalue weighted by molar-refractivity contribution is -0.389. The number of nitrogens with zero attached hydrogens (tertiary/aromatic N) is 3. The van der Waals surface area contributed by atoms with Crippen LogP contribution in [0.4, 0.5) is 10.2 Å². The number of nitro groups is 1. The van der Waals surface area contributed by atoms with Crippen molar-refractivity contribution in [2.45, 2.75) is 6.54 Å². The monoisotopic (exact) mass is 159 g/mol. The summed E-state index contributed by atoms with van der Waals surface area (Å²) >= 11 is 0. The molecule has 0 unspecified atom stereocenters. The molecule has 0 saturated carbocycles. The van der Waals surface area contributed by atoms with Crippen molar-refractivity contribution in [1.29, 1.82) is 0 Å². The van der Waals surface area contributed by atoms with Gasteiger partial charge in [0.25, 0.3) is 0 Å². The molecular formula is C5H6FN3O2. The van der Waals surface area contributed by atoms with Gasteiger partial charge in [0.2, 0.25) is 0 Å². The van der Waals surface area contributed by atoms with Gasteiger partial charge in [-0.1, -0.05) is 0 Å². The summed E-state index contributed by atoms with van der Waals surface area (Å²) in [6.07, 6.45) is 1.37. The first kappa shape index (κ1) is 7.64. The van der Waals surface area contributed by atoms with Gasteiger partial charge in [0.05, 0.1) is 23.9 Å². The van der Waals surface area contributed by atoms with E-state index in [2.05, 4.69) is 5.10 Å². The second kappa shape index (κ2) is 3.09. The summed E-state index contributed by atoms with van der Waals surface area (Å²) in [6.45, 7) is -0.507. The van der Waals surface area contributed by atoms with E-state index in [1.165, 1.54) is 16.9 Å². The van der Waals surface area contributed by atoms with Crippen LogP contribution in [0.5, 0.6) is 0 Å². The van der Waals surface area contributed by atoms with Gasteiger partial charge in [-0.3, -0.25) is 0 Å². The molecule has 1 heterocycles. The summed E-state index contributed by atoms with van der Waals surface area (Å²) in [5, 5.41) is 13.5. The molecule has 0 aliphatic heterocycles. The highest BCUT2D eigenvalue weighted by Gasteiger charge is 2.09. The summed E-state index contributed by atoms with van der Waals surface area (Å²) in [7, 11) is 0. The lowest BCUT2D eigenvalue weighted by Gasteiger charge is -1.86. The summed E-state index contributed by atoms with van der Waals surface area (Å²) in [5.41, 5.74) is 0. The van der Waals surface area contributed by atoms with Gasteiger partial charge in [-0.2, -0.15) is 4.68 Å². The van der Waals surface area contributed by atoms with Crippen molar-refractivity contribution in [2.75, 3.05) is 6.67 Å². The third kappa shape index (κ3) is 1.73. The normalized spacial score (nSPS) is 9.91. The van der Waals surface area contributed by atoms with Crippen molar-refractivity contribution in [1.82, 2.24) is 9.78 Å². The number of halogens is 1. The second-order valence-electron chi connectivity index (χ2n) is 1.88. The third-order valence-corrected chi connectivity index (χ3v) is 1.13. The minimum absolute atomic E-state index is 0.0633. The molecule has 5 nitrogen and oxygen atoms in total. The first-order valence-electron chi connectivity index (χ1n) is 2.98. The van der Waals surface area contributed by atoms with Gasteiger partial charge >= 0.3 is 5.82 Å². The minimum atomic E-state index is -0.616. The molecule has 0 aromatic carbocycles. The van der Waals surface area contributed by atoms with Crippen LogP contribution < -0.4 is 0 Å². The first-order valence-corrected chi connectivity index (χ1v) is 2.98. The van der Waals surface area contributed by atoms with Crippen molar-refractivity contribution in [3.05, 3.63) is 22.4 Å². The average Bonchev–Trinajstić information content (AvgIpc) is 2.37. The highest BCUT2D eigenvalue weighted by Crippen LogP contribution is 2.04. The number of alkyl halides is 1. The van der Waals surface area contributed by atoms with Crippen LogP contribution in [-0.4, -0.2) is 21.4 Å². The van der Waals surface area contributed by atoms with Crippen LogP contribution >= 0.6 is 0 Å². The maximum atomic E-state index is 11.7. The molecule has 0 spiro atoms. The van der Waals surface area contributed by atoms with Crippen LogP contribution in [0.1, 0.15) is 0 Å². The molecular weight excluding hydrogens is 153 g/mol. The Hall–Kier alpha value is -1.46. The highest BCUT2D eigenvalue weighted by molar-refractivity contribution is 5.13. The van der Waals surface area contributed by atoms with Crippen molar-refractivity contribution >= 4 is 5.82 Å². The van der Waals surface area contributed by atoms with Gasteiger partial charge in [0.15, 0.2) is 0 Å². The molecule has 6 heteroatoms. The summed E-state index contributed by atoms with van der Waals surface area (Å²) < 4.78 is 12.9. The quantitative estimate of drug-likeness (QED) is 0.483. The summed E-state index contributed by atoms with van der Waals surface area (Å²) in [5.74, 6) is -0.251. The lowest BCUT2D eigenvalue weighted by atomic mass is 10.6. The van der Waals surface area contributed by atoms with E-state index in [1.54, 1.807) is 0 Å². The number of hydrogen-bond donors (Lipinski definition) is 0. The standard InChI is InChI=1S/C5H6FN3O2/c6-2-4-8-3-1-5(7-8)9(10)11/h1,3H,2,4H2. The maximum absolute atomic E-state index is 11.7. The Balaban J connectivity index is 2.73. The molecule has 0 saturated heterocycles. The summed E-state index contributed by atoms with van der Waals surface area (Å²) in [4.78, 5) is 9.44. The topological polar surface area (TPSA) is 61.0 Å². The number of hydrogen-bond acceptors (Lipinski definition) is 3. The van der Waals surface area contributed by atoms with E-state index in [0.29, 0.717) is 0 Å². The lowest BCUT2D eigenvalue weighted by Crippen LogP contribution is -2.00. The van der Waals surface area contributed by atoms with Crippen LogP contribution in [0.2, 0.25) is 0 Å². The molecule has 0 atom stereocenters. The zero-order chi connectivity index (χ0) is 8.27. The Labute approximate surface area is 61.6 Å². The highest BCUT2D eigenvalue weighted by atomic mass is 19.1. The fourth-order valence-electron chi connectivity index (χ4n) is 0.659.